The van der Waals surface area contributed by atoms with E-state index in [0.29, 0.717) is 21.4 Å². The van der Waals surface area contributed by atoms with E-state index in [0.717, 1.165) is 0 Å². The molecule has 19 heavy (non-hydrogen) atoms. The van der Waals surface area contributed by atoms with Crippen LogP contribution in [0.5, 0.6) is 11.6 Å². The molecule has 1 aromatic heterocycles. The molecular weight excluding hydrogens is 289 g/mol. The average Bonchev–Trinajstić information content (AvgIpc) is 2.33. The lowest BCUT2D eigenvalue weighted by atomic mass is 10.1. The van der Waals surface area contributed by atoms with Crippen molar-refractivity contribution in [1.29, 1.82) is 0 Å². The van der Waals surface area contributed by atoms with Crippen LogP contribution in [0.3, 0.4) is 0 Å². The van der Waals surface area contributed by atoms with Gasteiger partial charge in [-0.15, -0.1) is 0 Å². The van der Waals surface area contributed by atoms with Gasteiger partial charge in [0.15, 0.2) is 0 Å². The van der Waals surface area contributed by atoms with Crippen molar-refractivity contribution >= 4 is 29.2 Å². The number of aromatic carboxylic acids is 1. The number of ether oxygens (including phenoxy) is 1. The first-order chi connectivity index (χ1) is 8.99. The summed E-state index contributed by atoms with van der Waals surface area (Å²) in [6.45, 7) is 1.67. The van der Waals surface area contributed by atoms with Crippen LogP contribution in [-0.2, 0) is 0 Å². The predicted molar refractivity (Wildman–Crippen MR) is 72.5 cm³/mol. The Morgan fingerprint density at radius 3 is 2.63 bits per heavy atom. The topological polar surface area (TPSA) is 59.4 Å². The van der Waals surface area contributed by atoms with Gasteiger partial charge >= 0.3 is 5.97 Å². The minimum Gasteiger partial charge on any atom is -0.477 e. The van der Waals surface area contributed by atoms with E-state index in [-0.39, 0.29) is 11.4 Å². The molecule has 0 fully saturated rings. The summed E-state index contributed by atoms with van der Waals surface area (Å²) in [7, 11) is 0. The van der Waals surface area contributed by atoms with Gasteiger partial charge in [-0.25, -0.2) is 9.78 Å². The zero-order valence-electron chi connectivity index (χ0n) is 9.85. The number of pyridine rings is 1. The highest BCUT2D eigenvalue weighted by molar-refractivity contribution is 6.42. The number of aryl methyl sites for hydroxylation is 1. The van der Waals surface area contributed by atoms with E-state index in [2.05, 4.69) is 4.98 Å². The van der Waals surface area contributed by atoms with Crippen molar-refractivity contribution < 1.29 is 14.6 Å². The molecule has 0 spiro atoms. The lowest BCUT2D eigenvalue weighted by Gasteiger charge is -2.09. The van der Waals surface area contributed by atoms with Crippen molar-refractivity contribution in [2.24, 2.45) is 0 Å². The van der Waals surface area contributed by atoms with Gasteiger partial charge in [0.1, 0.15) is 11.3 Å². The van der Waals surface area contributed by atoms with E-state index in [1.54, 1.807) is 25.1 Å². The Kier molecular flexibility index (Phi) is 3.93. The van der Waals surface area contributed by atoms with Crippen LogP contribution in [0.2, 0.25) is 10.0 Å². The van der Waals surface area contributed by atoms with Crippen molar-refractivity contribution in [3.63, 3.8) is 0 Å². The molecule has 0 bridgehead atoms. The molecule has 98 valence electrons. The molecule has 6 heteroatoms. The van der Waals surface area contributed by atoms with Crippen LogP contribution in [0.25, 0.3) is 0 Å². The standard InChI is InChI=1S/C13H9Cl2NO3/c1-7-4-5-16-12(11(7)13(17)18)19-8-2-3-9(14)10(15)6-8/h2-6H,1H3,(H,17,18). The molecule has 0 saturated heterocycles. The molecule has 0 aliphatic carbocycles. The van der Waals surface area contributed by atoms with Crippen LogP contribution in [0.1, 0.15) is 15.9 Å². The maximum absolute atomic E-state index is 11.2. The lowest BCUT2D eigenvalue weighted by molar-refractivity contribution is 0.0692. The second-order valence-corrected chi connectivity index (χ2v) is 4.61. The number of benzene rings is 1. The molecule has 2 rings (SSSR count). The molecule has 1 heterocycles. The van der Waals surface area contributed by atoms with Gasteiger partial charge in [0.2, 0.25) is 5.88 Å². The minimum absolute atomic E-state index is 0.0193. The van der Waals surface area contributed by atoms with E-state index < -0.39 is 5.97 Å². The van der Waals surface area contributed by atoms with Crippen molar-refractivity contribution in [3.8, 4) is 11.6 Å². The number of nitrogens with zero attached hydrogens (tertiary/aromatic N) is 1. The van der Waals surface area contributed by atoms with Crippen molar-refractivity contribution in [1.82, 2.24) is 4.98 Å². The van der Waals surface area contributed by atoms with Gasteiger partial charge < -0.3 is 9.84 Å². The normalized spacial score (nSPS) is 10.3. The van der Waals surface area contributed by atoms with Crippen molar-refractivity contribution in [2.45, 2.75) is 6.92 Å². The fourth-order valence-electron chi connectivity index (χ4n) is 1.52. The Morgan fingerprint density at radius 2 is 2.00 bits per heavy atom. The van der Waals surface area contributed by atoms with Crippen LogP contribution in [0, 0.1) is 6.92 Å². The van der Waals surface area contributed by atoms with Gasteiger partial charge in [-0.3, -0.25) is 0 Å². The van der Waals surface area contributed by atoms with Gasteiger partial charge in [0.05, 0.1) is 10.0 Å². The van der Waals surface area contributed by atoms with Crippen LogP contribution < -0.4 is 4.74 Å². The number of rotatable bonds is 3. The Balaban J connectivity index is 2.40. The molecule has 0 aliphatic heterocycles. The zero-order chi connectivity index (χ0) is 14.0. The van der Waals surface area contributed by atoms with E-state index in [9.17, 15) is 4.79 Å². The number of halogens is 2. The molecule has 0 radical (unpaired) electrons. The van der Waals surface area contributed by atoms with Gasteiger partial charge in [-0.05, 0) is 30.7 Å². The summed E-state index contributed by atoms with van der Waals surface area (Å²) in [5.74, 6) is -0.707. The number of carboxylic acid groups (broad SMARTS) is 1. The van der Waals surface area contributed by atoms with Crippen molar-refractivity contribution in [2.75, 3.05) is 0 Å². The maximum atomic E-state index is 11.2. The summed E-state index contributed by atoms with van der Waals surface area (Å²) in [5, 5.41) is 9.87. The molecule has 0 atom stereocenters. The highest BCUT2D eigenvalue weighted by atomic mass is 35.5. The minimum atomic E-state index is -1.10. The highest BCUT2D eigenvalue weighted by Gasteiger charge is 2.16. The number of hydrogen-bond acceptors (Lipinski definition) is 3. The molecular formula is C13H9Cl2NO3. The molecule has 1 N–H and O–H groups in total. The van der Waals surface area contributed by atoms with Gasteiger partial charge in [-0.2, -0.15) is 0 Å². The number of carboxylic acids is 1. The summed E-state index contributed by atoms with van der Waals surface area (Å²) >= 11 is 11.7. The lowest BCUT2D eigenvalue weighted by Crippen LogP contribution is -2.04. The van der Waals surface area contributed by atoms with Gasteiger partial charge in [0, 0.05) is 12.3 Å². The predicted octanol–water partition coefficient (Wildman–Crippen LogP) is 4.19. The highest BCUT2D eigenvalue weighted by Crippen LogP contribution is 2.30. The quantitative estimate of drug-likeness (QED) is 0.923. The van der Waals surface area contributed by atoms with Gasteiger partial charge in [-0.1, -0.05) is 23.2 Å². The largest absolute Gasteiger partial charge is 0.477 e. The third kappa shape index (κ3) is 2.97. The van der Waals surface area contributed by atoms with Crippen LogP contribution in [-0.4, -0.2) is 16.1 Å². The summed E-state index contributed by atoms with van der Waals surface area (Å²) in [6, 6.07) is 6.25. The Hall–Kier alpha value is -1.78. The third-order valence-electron chi connectivity index (χ3n) is 2.44. The number of hydrogen-bond donors (Lipinski definition) is 1. The second-order valence-electron chi connectivity index (χ2n) is 3.79. The Labute approximate surface area is 119 Å². The number of aromatic nitrogens is 1. The summed E-state index contributed by atoms with van der Waals surface area (Å²) in [5.41, 5.74) is 0.589. The molecule has 0 saturated carbocycles. The van der Waals surface area contributed by atoms with Crippen molar-refractivity contribution in [3.05, 3.63) is 51.6 Å². The maximum Gasteiger partial charge on any atom is 0.341 e. The summed E-state index contributed by atoms with van der Waals surface area (Å²) < 4.78 is 5.45. The number of carbonyl (C=O) groups is 1. The van der Waals surface area contributed by atoms with Gasteiger partial charge in [0.25, 0.3) is 0 Å². The average molecular weight is 298 g/mol. The van der Waals surface area contributed by atoms with Crippen LogP contribution in [0.4, 0.5) is 0 Å². The fraction of sp³-hybridized carbons (Fsp3) is 0.0769. The van der Waals surface area contributed by atoms with E-state index >= 15 is 0 Å². The second kappa shape index (κ2) is 5.47. The molecule has 0 amide bonds. The molecule has 4 nitrogen and oxygen atoms in total. The zero-order valence-corrected chi connectivity index (χ0v) is 11.4. The molecule has 2 aromatic rings. The summed E-state index contributed by atoms with van der Waals surface area (Å²) in [6.07, 6.45) is 1.48. The third-order valence-corrected chi connectivity index (χ3v) is 3.18. The van der Waals surface area contributed by atoms with E-state index in [1.807, 2.05) is 0 Å². The molecule has 1 aromatic carbocycles. The first-order valence-corrected chi connectivity index (χ1v) is 6.06. The first-order valence-electron chi connectivity index (χ1n) is 5.31. The first kappa shape index (κ1) is 13.6. The van der Waals surface area contributed by atoms with Crippen LogP contribution >= 0.6 is 23.2 Å². The fourth-order valence-corrected chi connectivity index (χ4v) is 1.81. The Bertz CT molecular complexity index is 644. The van der Waals surface area contributed by atoms with E-state index in [1.165, 1.54) is 12.3 Å². The molecule has 0 aliphatic rings. The smallest absolute Gasteiger partial charge is 0.341 e. The SMILES string of the molecule is Cc1ccnc(Oc2ccc(Cl)c(Cl)c2)c1C(=O)O. The monoisotopic (exact) mass is 297 g/mol. The van der Waals surface area contributed by atoms with Crippen LogP contribution in [0.15, 0.2) is 30.5 Å². The Morgan fingerprint density at radius 1 is 1.26 bits per heavy atom. The summed E-state index contributed by atoms with van der Waals surface area (Å²) in [4.78, 5) is 15.1. The van der Waals surface area contributed by atoms with E-state index in [4.69, 9.17) is 33.0 Å². The molecule has 0 unspecified atom stereocenters.